The summed E-state index contributed by atoms with van der Waals surface area (Å²) in [5.74, 6) is 0.942. The van der Waals surface area contributed by atoms with Crippen LogP contribution in [0.5, 0.6) is 0 Å². The SMILES string of the molecule is Cc1nc(N2CCC3(CCC[C@H]3N)CC2)cnc1Sc1ccnc(Cl)c1Cl. The predicted octanol–water partition coefficient (Wildman–Crippen LogP) is 4.74. The van der Waals surface area contributed by atoms with E-state index >= 15 is 0 Å². The number of nitrogens with zero attached hydrogens (tertiary/aromatic N) is 4. The molecule has 0 bridgehead atoms. The summed E-state index contributed by atoms with van der Waals surface area (Å²) in [4.78, 5) is 16.6. The Morgan fingerprint density at radius 1 is 1.22 bits per heavy atom. The largest absolute Gasteiger partial charge is 0.355 e. The van der Waals surface area contributed by atoms with Crippen molar-refractivity contribution in [2.45, 2.75) is 55.0 Å². The Labute approximate surface area is 174 Å². The quantitative estimate of drug-likeness (QED) is 0.719. The van der Waals surface area contributed by atoms with Crippen molar-refractivity contribution in [2.24, 2.45) is 11.1 Å². The second kappa shape index (κ2) is 7.74. The van der Waals surface area contributed by atoms with Gasteiger partial charge in [-0.15, -0.1) is 0 Å². The molecule has 1 saturated heterocycles. The second-order valence-electron chi connectivity index (χ2n) is 7.48. The van der Waals surface area contributed by atoms with Crippen molar-refractivity contribution >= 4 is 40.8 Å². The standard InChI is InChI=1S/C19H23Cl2N5S/c1-12-18(27-13-4-8-23-17(21)16(13)20)24-11-15(25-12)26-9-6-19(7-10-26)5-2-3-14(19)22/h4,8,11,14H,2-3,5-7,9-10,22H2,1H3/t14-/m1/s1. The number of nitrogens with two attached hydrogens (primary N) is 1. The lowest BCUT2D eigenvalue weighted by Gasteiger charge is -2.42. The highest BCUT2D eigenvalue weighted by Crippen LogP contribution is 2.46. The molecule has 2 aromatic heterocycles. The molecule has 1 saturated carbocycles. The minimum Gasteiger partial charge on any atom is -0.355 e. The molecule has 2 N–H and O–H groups in total. The Morgan fingerprint density at radius 3 is 2.67 bits per heavy atom. The summed E-state index contributed by atoms with van der Waals surface area (Å²) in [5, 5.41) is 1.58. The van der Waals surface area contributed by atoms with Gasteiger partial charge in [0.1, 0.15) is 16.0 Å². The first-order valence-electron chi connectivity index (χ1n) is 9.30. The van der Waals surface area contributed by atoms with Crippen molar-refractivity contribution in [3.05, 3.63) is 34.3 Å². The van der Waals surface area contributed by atoms with E-state index in [4.69, 9.17) is 33.9 Å². The number of hydrogen-bond donors (Lipinski definition) is 1. The van der Waals surface area contributed by atoms with Gasteiger partial charge < -0.3 is 10.6 Å². The van der Waals surface area contributed by atoms with Gasteiger partial charge in [0, 0.05) is 30.2 Å². The molecule has 0 amide bonds. The Hall–Kier alpha value is -1.08. The smallest absolute Gasteiger partial charge is 0.148 e. The third kappa shape index (κ3) is 3.77. The highest BCUT2D eigenvalue weighted by atomic mass is 35.5. The molecule has 27 heavy (non-hydrogen) atoms. The van der Waals surface area contributed by atoms with Crippen LogP contribution in [0.25, 0.3) is 0 Å². The number of piperidine rings is 1. The number of aryl methyl sites for hydroxylation is 1. The first-order chi connectivity index (χ1) is 13.0. The van der Waals surface area contributed by atoms with Crippen molar-refractivity contribution in [1.29, 1.82) is 0 Å². The van der Waals surface area contributed by atoms with E-state index in [0.29, 0.717) is 21.6 Å². The summed E-state index contributed by atoms with van der Waals surface area (Å²) in [6.45, 7) is 3.98. The summed E-state index contributed by atoms with van der Waals surface area (Å²) in [6, 6.07) is 2.20. The van der Waals surface area contributed by atoms with E-state index < -0.39 is 0 Å². The molecule has 1 aliphatic heterocycles. The molecule has 1 aliphatic carbocycles. The maximum atomic E-state index is 6.39. The van der Waals surface area contributed by atoms with Gasteiger partial charge in [0.05, 0.1) is 16.9 Å². The van der Waals surface area contributed by atoms with E-state index in [1.165, 1.54) is 31.0 Å². The molecule has 2 aromatic rings. The molecule has 3 heterocycles. The number of aromatic nitrogens is 3. The summed E-state index contributed by atoms with van der Waals surface area (Å²) in [7, 11) is 0. The minimum absolute atomic E-state index is 0.302. The number of rotatable bonds is 3. The maximum Gasteiger partial charge on any atom is 0.148 e. The van der Waals surface area contributed by atoms with Gasteiger partial charge in [-0.25, -0.2) is 15.0 Å². The first kappa shape index (κ1) is 19.2. The van der Waals surface area contributed by atoms with Crippen LogP contribution in [-0.4, -0.2) is 34.1 Å². The van der Waals surface area contributed by atoms with E-state index in [1.807, 2.05) is 19.2 Å². The van der Waals surface area contributed by atoms with Gasteiger partial charge in [-0.05, 0) is 44.1 Å². The fourth-order valence-corrected chi connectivity index (χ4v) is 5.53. The van der Waals surface area contributed by atoms with Crippen molar-refractivity contribution in [1.82, 2.24) is 15.0 Å². The molecule has 2 aliphatic rings. The average Bonchev–Trinajstić information content (AvgIpc) is 3.01. The zero-order valence-electron chi connectivity index (χ0n) is 15.3. The Morgan fingerprint density at radius 2 is 2.00 bits per heavy atom. The summed E-state index contributed by atoms with van der Waals surface area (Å²) < 4.78 is 0. The van der Waals surface area contributed by atoms with Crippen LogP contribution in [0.1, 0.15) is 37.8 Å². The summed E-state index contributed by atoms with van der Waals surface area (Å²) >= 11 is 13.7. The Balaban J connectivity index is 1.47. The Kier molecular flexibility index (Phi) is 5.52. The zero-order valence-corrected chi connectivity index (χ0v) is 17.6. The number of anilines is 1. The minimum atomic E-state index is 0.302. The highest BCUT2D eigenvalue weighted by molar-refractivity contribution is 7.99. The van der Waals surface area contributed by atoms with Gasteiger partial charge in [-0.1, -0.05) is 41.4 Å². The van der Waals surface area contributed by atoms with Gasteiger partial charge in [-0.2, -0.15) is 0 Å². The van der Waals surface area contributed by atoms with Gasteiger partial charge in [0.25, 0.3) is 0 Å². The summed E-state index contributed by atoms with van der Waals surface area (Å²) in [5.41, 5.74) is 7.64. The third-order valence-corrected chi connectivity index (χ3v) is 8.00. The lowest BCUT2D eigenvalue weighted by atomic mass is 9.74. The van der Waals surface area contributed by atoms with Crippen molar-refractivity contribution in [3.8, 4) is 0 Å². The average molecular weight is 424 g/mol. The summed E-state index contributed by atoms with van der Waals surface area (Å²) in [6.07, 6.45) is 9.52. The maximum absolute atomic E-state index is 6.39. The molecule has 1 atom stereocenters. The lowest BCUT2D eigenvalue weighted by molar-refractivity contribution is 0.197. The van der Waals surface area contributed by atoms with E-state index in [-0.39, 0.29) is 0 Å². The molecular formula is C19H23Cl2N5S. The van der Waals surface area contributed by atoms with Gasteiger partial charge in [0.15, 0.2) is 0 Å². The van der Waals surface area contributed by atoms with Crippen LogP contribution in [-0.2, 0) is 0 Å². The molecule has 1 spiro atoms. The van der Waals surface area contributed by atoms with Crippen molar-refractivity contribution in [2.75, 3.05) is 18.0 Å². The molecule has 4 rings (SSSR count). The van der Waals surface area contributed by atoms with Gasteiger partial charge in [-0.3, -0.25) is 0 Å². The fraction of sp³-hybridized carbons (Fsp3) is 0.526. The topological polar surface area (TPSA) is 67.9 Å². The van der Waals surface area contributed by atoms with Crippen molar-refractivity contribution in [3.63, 3.8) is 0 Å². The number of halogens is 2. The molecule has 0 unspecified atom stereocenters. The molecule has 144 valence electrons. The monoisotopic (exact) mass is 423 g/mol. The van der Waals surface area contributed by atoms with Crippen LogP contribution in [0.3, 0.4) is 0 Å². The molecule has 0 aromatic carbocycles. The van der Waals surface area contributed by atoms with Gasteiger partial charge in [0.2, 0.25) is 0 Å². The fourth-order valence-electron chi connectivity index (χ4n) is 4.26. The van der Waals surface area contributed by atoms with Crippen LogP contribution >= 0.6 is 35.0 Å². The third-order valence-electron chi connectivity index (χ3n) is 5.97. The first-order valence-corrected chi connectivity index (χ1v) is 10.9. The lowest BCUT2D eigenvalue weighted by Crippen LogP contribution is -2.47. The van der Waals surface area contributed by atoms with Crippen LogP contribution in [0.15, 0.2) is 28.4 Å². The molecular weight excluding hydrogens is 401 g/mol. The molecule has 8 heteroatoms. The van der Waals surface area contributed by atoms with E-state index in [2.05, 4.69) is 14.9 Å². The van der Waals surface area contributed by atoms with Crippen LogP contribution in [0.2, 0.25) is 10.2 Å². The van der Waals surface area contributed by atoms with E-state index in [1.54, 1.807) is 6.20 Å². The Bertz CT molecular complexity index is 839. The molecule has 0 radical (unpaired) electrons. The van der Waals surface area contributed by atoms with Crippen LogP contribution < -0.4 is 10.6 Å². The second-order valence-corrected chi connectivity index (χ2v) is 9.25. The van der Waals surface area contributed by atoms with E-state index in [0.717, 1.165) is 47.4 Å². The number of pyridine rings is 1. The van der Waals surface area contributed by atoms with Crippen LogP contribution in [0.4, 0.5) is 5.82 Å². The normalized spacial score (nSPS) is 21.8. The van der Waals surface area contributed by atoms with Crippen molar-refractivity contribution < 1.29 is 0 Å². The molecule has 5 nitrogen and oxygen atoms in total. The van der Waals surface area contributed by atoms with Crippen LogP contribution in [0, 0.1) is 12.3 Å². The van der Waals surface area contributed by atoms with Gasteiger partial charge >= 0.3 is 0 Å². The van der Waals surface area contributed by atoms with E-state index in [9.17, 15) is 0 Å². The number of hydrogen-bond acceptors (Lipinski definition) is 6. The zero-order chi connectivity index (χ0) is 19.0. The highest BCUT2D eigenvalue weighted by Gasteiger charge is 2.43. The predicted molar refractivity (Wildman–Crippen MR) is 111 cm³/mol. The molecule has 2 fully saturated rings.